The molecule has 0 unspecified atom stereocenters. The van der Waals surface area contributed by atoms with Crippen molar-refractivity contribution in [2.45, 2.75) is 0 Å². The number of hydrogen-bond acceptors (Lipinski definition) is 2. The number of rotatable bonds is 3. The van der Waals surface area contributed by atoms with Crippen LogP contribution in [0.25, 0.3) is 10.9 Å². The van der Waals surface area contributed by atoms with Gasteiger partial charge in [0.1, 0.15) is 11.6 Å². The SMILES string of the molecule is COc1ccc2[nH]cc(C(=O)Nc3cccc(F)c3)c2c1. The van der Waals surface area contributed by atoms with Gasteiger partial charge in [0.15, 0.2) is 0 Å². The van der Waals surface area contributed by atoms with Crippen molar-refractivity contribution in [3.05, 3.63) is 60.0 Å². The van der Waals surface area contributed by atoms with Gasteiger partial charge in [0, 0.05) is 22.8 Å². The Balaban J connectivity index is 1.94. The van der Waals surface area contributed by atoms with Crippen molar-refractivity contribution in [2.24, 2.45) is 0 Å². The number of amides is 1. The van der Waals surface area contributed by atoms with Crippen molar-refractivity contribution in [3.8, 4) is 5.75 Å². The number of fused-ring (bicyclic) bond motifs is 1. The van der Waals surface area contributed by atoms with Crippen molar-refractivity contribution in [2.75, 3.05) is 12.4 Å². The molecule has 1 aromatic heterocycles. The molecule has 0 spiro atoms. The van der Waals surface area contributed by atoms with E-state index in [4.69, 9.17) is 4.74 Å². The summed E-state index contributed by atoms with van der Waals surface area (Å²) in [5.41, 5.74) is 1.73. The molecule has 1 amide bonds. The molecule has 0 aliphatic carbocycles. The second-order valence-electron chi connectivity index (χ2n) is 4.58. The van der Waals surface area contributed by atoms with E-state index in [1.807, 2.05) is 12.1 Å². The normalized spacial score (nSPS) is 10.6. The molecule has 0 aliphatic heterocycles. The van der Waals surface area contributed by atoms with Gasteiger partial charge >= 0.3 is 0 Å². The van der Waals surface area contributed by atoms with Crippen molar-refractivity contribution in [1.29, 1.82) is 0 Å². The molecular weight excluding hydrogens is 271 g/mol. The Hall–Kier alpha value is -2.82. The molecule has 0 saturated heterocycles. The van der Waals surface area contributed by atoms with E-state index in [0.29, 0.717) is 17.0 Å². The fourth-order valence-corrected chi connectivity index (χ4v) is 2.18. The van der Waals surface area contributed by atoms with E-state index in [9.17, 15) is 9.18 Å². The van der Waals surface area contributed by atoms with Crippen LogP contribution in [0.1, 0.15) is 10.4 Å². The molecule has 2 aromatic carbocycles. The van der Waals surface area contributed by atoms with Crippen LogP contribution >= 0.6 is 0 Å². The first-order valence-corrected chi connectivity index (χ1v) is 6.39. The van der Waals surface area contributed by atoms with Gasteiger partial charge in [-0.05, 0) is 36.4 Å². The minimum atomic E-state index is -0.395. The first-order chi connectivity index (χ1) is 10.2. The molecule has 0 bridgehead atoms. The Kier molecular flexibility index (Phi) is 3.31. The van der Waals surface area contributed by atoms with E-state index in [1.54, 1.807) is 31.5 Å². The fraction of sp³-hybridized carbons (Fsp3) is 0.0625. The molecule has 0 fully saturated rings. The van der Waals surface area contributed by atoms with E-state index in [0.717, 1.165) is 10.9 Å². The van der Waals surface area contributed by atoms with Gasteiger partial charge in [-0.15, -0.1) is 0 Å². The van der Waals surface area contributed by atoms with E-state index in [1.165, 1.54) is 12.1 Å². The number of nitrogens with one attached hydrogen (secondary N) is 2. The van der Waals surface area contributed by atoms with Gasteiger partial charge in [-0.25, -0.2) is 4.39 Å². The molecule has 1 heterocycles. The molecule has 0 saturated carbocycles. The predicted molar refractivity (Wildman–Crippen MR) is 79.2 cm³/mol. The zero-order valence-electron chi connectivity index (χ0n) is 11.3. The highest BCUT2D eigenvalue weighted by Gasteiger charge is 2.13. The molecule has 21 heavy (non-hydrogen) atoms. The van der Waals surface area contributed by atoms with Crippen molar-refractivity contribution in [1.82, 2.24) is 4.98 Å². The standard InChI is InChI=1S/C16H13FN2O2/c1-21-12-5-6-15-13(8-12)14(9-18-15)16(20)19-11-4-2-3-10(17)7-11/h2-9,18H,1H3,(H,19,20). The zero-order valence-corrected chi connectivity index (χ0v) is 11.3. The minimum Gasteiger partial charge on any atom is -0.497 e. The van der Waals surface area contributed by atoms with Crippen LogP contribution in [0.2, 0.25) is 0 Å². The maximum atomic E-state index is 13.1. The lowest BCUT2D eigenvalue weighted by Gasteiger charge is -2.05. The maximum Gasteiger partial charge on any atom is 0.257 e. The summed E-state index contributed by atoms with van der Waals surface area (Å²) in [5, 5.41) is 3.43. The third-order valence-electron chi connectivity index (χ3n) is 3.22. The van der Waals surface area contributed by atoms with E-state index in [2.05, 4.69) is 10.3 Å². The fourth-order valence-electron chi connectivity index (χ4n) is 2.18. The molecule has 3 aromatic rings. The Labute approximate surface area is 120 Å². The number of carbonyl (C=O) groups excluding carboxylic acids is 1. The van der Waals surface area contributed by atoms with Gasteiger partial charge in [0.25, 0.3) is 5.91 Å². The average molecular weight is 284 g/mol. The Morgan fingerprint density at radius 1 is 1.24 bits per heavy atom. The highest BCUT2D eigenvalue weighted by molar-refractivity contribution is 6.13. The van der Waals surface area contributed by atoms with Crippen LogP contribution in [0.5, 0.6) is 5.75 Å². The summed E-state index contributed by atoms with van der Waals surface area (Å²) in [5.74, 6) is -0.0320. The van der Waals surface area contributed by atoms with Crippen molar-refractivity contribution >= 4 is 22.5 Å². The third kappa shape index (κ3) is 2.58. The Bertz CT molecular complexity index is 811. The summed E-state index contributed by atoms with van der Waals surface area (Å²) in [4.78, 5) is 15.3. The molecule has 3 rings (SSSR count). The van der Waals surface area contributed by atoms with Gasteiger partial charge in [-0.3, -0.25) is 4.79 Å². The van der Waals surface area contributed by atoms with Crippen LogP contribution in [0, 0.1) is 5.82 Å². The molecule has 4 nitrogen and oxygen atoms in total. The highest BCUT2D eigenvalue weighted by Crippen LogP contribution is 2.24. The topological polar surface area (TPSA) is 54.1 Å². The first-order valence-electron chi connectivity index (χ1n) is 6.39. The zero-order chi connectivity index (χ0) is 14.8. The minimum absolute atomic E-state index is 0.305. The lowest BCUT2D eigenvalue weighted by Crippen LogP contribution is -2.11. The molecule has 0 aliphatic rings. The number of aromatic nitrogens is 1. The van der Waals surface area contributed by atoms with Crippen LogP contribution in [-0.4, -0.2) is 18.0 Å². The second-order valence-corrected chi connectivity index (χ2v) is 4.58. The number of anilines is 1. The number of carbonyl (C=O) groups is 1. The van der Waals surface area contributed by atoms with Gasteiger partial charge in [0.2, 0.25) is 0 Å². The van der Waals surface area contributed by atoms with Crippen LogP contribution in [0.4, 0.5) is 10.1 Å². The summed E-state index contributed by atoms with van der Waals surface area (Å²) < 4.78 is 18.3. The number of aromatic amines is 1. The molecule has 0 radical (unpaired) electrons. The van der Waals surface area contributed by atoms with Crippen molar-refractivity contribution < 1.29 is 13.9 Å². The molecular formula is C16H13FN2O2. The summed E-state index contributed by atoms with van der Waals surface area (Å²) in [6, 6.07) is 11.2. The number of benzene rings is 2. The third-order valence-corrected chi connectivity index (χ3v) is 3.22. The smallest absolute Gasteiger partial charge is 0.257 e. The maximum absolute atomic E-state index is 13.1. The quantitative estimate of drug-likeness (QED) is 0.772. The lowest BCUT2D eigenvalue weighted by molar-refractivity contribution is 0.102. The number of hydrogen-bond donors (Lipinski definition) is 2. The predicted octanol–water partition coefficient (Wildman–Crippen LogP) is 3.57. The molecule has 0 atom stereocenters. The van der Waals surface area contributed by atoms with E-state index < -0.39 is 5.82 Å². The number of halogens is 1. The van der Waals surface area contributed by atoms with Gasteiger partial charge in [-0.1, -0.05) is 6.07 Å². The monoisotopic (exact) mass is 284 g/mol. The Morgan fingerprint density at radius 3 is 2.86 bits per heavy atom. The lowest BCUT2D eigenvalue weighted by atomic mass is 10.1. The molecule has 5 heteroatoms. The number of methoxy groups -OCH3 is 1. The van der Waals surface area contributed by atoms with E-state index >= 15 is 0 Å². The second kappa shape index (κ2) is 5.28. The number of H-pyrrole nitrogens is 1. The molecule has 2 N–H and O–H groups in total. The number of ether oxygens (including phenoxy) is 1. The highest BCUT2D eigenvalue weighted by atomic mass is 19.1. The molecule has 106 valence electrons. The van der Waals surface area contributed by atoms with Gasteiger partial charge in [0.05, 0.1) is 12.7 Å². The van der Waals surface area contributed by atoms with Crippen molar-refractivity contribution in [3.63, 3.8) is 0 Å². The van der Waals surface area contributed by atoms with E-state index in [-0.39, 0.29) is 5.91 Å². The van der Waals surface area contributed by atoms with Gasteiger partial charge in [-0.2, -0.15) is 0 Å². The van der Waals surface area contributed by atoms with Gasteiger partial charge < -0.3 is 15.0 Å². The van der Waals surface area contributed by atoms with Crippen LogP contribution < -0.4 is 10.1 Å². The average Bonchev–Trinajstić information content (AvgIpc) is 2.90. The summed E-state index contributed by atoms with van der Waals surface area (Å²) >= 11 is 0. The first kappa shape index (κ1) is 13.2. The Morgan fingerprint density at radius 2 is 2.10 bits per heavy atom. The summed E-state index contributed by atoms with van der Waals surface area (Å²) in [7, 11) is 1.57. The van der Waals surface area contributed by atoms with Crippen LogP contribution in [0.3, 0.4) is 0 Å². The van der Waals surface area contributed by atoms with Crippen LogP contribution in [0.15, 0.2) is 48.7 Å². The summed E-state index contributed by atoms with van der Waals surface area (Å²) in [6.07, 6.45) is 1.62. The summed E-state index contributed by atoms with van der Waals surface area (Å²) in [6.45, 7) is 0. The largest absolute Gasteiger partial charge is 0.497 e. The van der Waals surface area contributed by atoms with Crippen LogP contribution in [-0.2, 0) is 0 Å².